The predicted molar refractivity (Wildman–Crippen MR) is 208 cm³/mol. The summed E-state index contributed by atoms with van der Waals surface area (Å²) in [6.45, 7) is 11.2. The van der Waals surface area contributed by atoms with Crippen molar-refractivity contribution in [1.82, 2.24) is 4.90 Å². The monoisotopic (exact) mass is 811 g/mol. The molecule has 3 aliphatic carbocycles. The average Bonchev–Trinajstić information content (AvgIpc) is 3.55. The maximum Gasteiger partial charge on any atom is 0.189 e. The molecule has 15 heteroatoms. The normalized spacial score (nSPS) is 26.3. The third-order valence-electron chi connectivity index (χ3n) is 12.2. The second-order valence-electron chi connectivity index (χ2n) is 15.5. The zero-order chi connectivity index (χ0) is 39.6. The minimum absolute atomic E-state index is 0.0635. The quantitative estimate of drug-likeness (QED) is 0.0821. The fourth-order valence-electron chi connectivity index (χ4n) is 9.21. The van der Waals surface area contributed by atoms with Crippen LogP contribution in [0.15, 0.2) is 12.1 Å². The van der Waals surface area contributed by atoms with E-state index in [9.17, 15) is 5.11 Å². The van der Waals surface area contributed by atoms with Gasteiger partial charge in [0.2, 0.25) is 0 Å². The molecule has 1 aromatic carbocycles. The number of methoxy groups -OCH3 is 2. The summed E-state index contributed by atoms with van der Waals surface area (Å²) < 4.78 is 74.2. The first-order chi connectivity index (χ1) is 28.1. The van der Waals surface area contributed by atoms with Crippen LogP contribution in [-0.4, -0.2) is 187 Å². The lowest BCUT2D eigenvalue weighted by molar-refractivity contribution is -0.218. The maximum atomic E-state index is 12.9. The van der Waals surface area contributed by atoms with Crippen molar-refractivity contribution in [2.24, 2.45) is 5.92 Å². The third kappa shape index (κ3) is 11.6. The molecule has 6 rings (SSSR count). The molecular formula is C42H69NO14. The summed E-state index contributed by atoms with van der Waals surface area (Å²) in [5.74, 6) is 2.14. The van der Waals surface area contributed by atoms with Crippen LogP contribution in [0.3, 0.4) is 0 Å². The first kappa shape index (κ1) is 44.8. The molecule has 5 aliphatic rings. The van der Waals surface area contributed by atoms with E-state index in [0.29, 0.717) is 131 Å². The Morgan fingerprint density at radius 2 is 1.21 bits per heavy atom. The molecule has 1 saturated heterocycles. The van der Waals surface area contributed by atoms with Crippen LogP contribution in [0, 0.1) is 5.92 Å². The van der Waals surface area contributed by atoms with E-state index in [1.807, 2.05) is 6.07 Å². The van der Waals surface area contributed by atoms with Crippen LogP contribution in [0.2, 0.25) is 0 Å². The first-order valence-electron chi connectivity index (χ1n) is 21.3. The Labute approximate surface area is 339 Å². The van der Waals surface area contributed by atoms with Gasteiger partial charge in [-0.1, -0.05) is 12.5 Å². The van der Waals surface area contributed by atoms with Crippen LogP contribution in [0.5, 0.6) is 11.5 Å². The van der Waals surface area contributed by atoms with Crippen LogP contribution in [0.4, 0.5) is 0 Å². The van der Waals surface area contributed by atoms with Crippen LogP contribution in [0.1, 0.15) is 49.7 Å². The fraction of sp³-hybridized carbons (Fsp3) is 0.857. The van der Waals surface area contributed by atoms with Gasteiger partial charge in [-0.3, -0.25) is 4.90 Å². The van der Waals surface area contributed by atoms with E-state index >= 15 is 0 Å². The molecule has 57 heavy (non-hydrogen) atoms. The van der Waals surface area contributed by atoms with E-state index in [1.54, 1.807) is 14.2 Å². The summed E-state index contributed by atoms with van der Waals surface area (Å²) in [5, 5.41) is 12.9. The fourth-order valence-corrected chi connectivity index (χ4v) is 9.21. The topological polar surface area (TPSA) is 143 Å². The molecule has 2 aliphatic heterocycles. The lowest BCUT2D eigenvalue weighted by atomic mass is 9.48. The number of likely N-dealkylation sites (tertiary alicyclic amines) is 1. The molecule has 3 fully saturated rings. The molecule has 326 valence electrons. The number of benzene rings is 1. The molecule has 15 nitrogen and oxygen atoms in total. The Kier molecular flexibility index (Phi) is 18.8. The van der Waals surface area contributed by atoms with E-state index in [1.165, 1.54) is 24.8 Å². The van der Waals surface area contributed by atoms with E-state index in [2.05, 4.69) is 11.0 Å². The van der Waals surface area contributed by atoms with Crippen molar-refractivity contribution in [2.75, 3.05) is 153 Å². The highest BCUT2D eigenvalue weighted by Gasteiger charge is 2.73. The van der Waals surface area contributed by atoms with E-state index in [4.69, 9.17) is 61.6 Å². The zero-order valence-corrected chi connectivity index (χ0v) is 34.5. The Morgan fingerprint density at radius 1 is 0.667 bits per heavy atom. The second-order valence-corrected chi connectivity index (χ2v) is 15.5. The second kappa shape index (κ2) is 23.9. The van der Waals surface area contributed by atoms with Gasteiger partial charge in [0.25, 0.3) is 0 Å². The lowest BCUT2D eigenvalue weighted by Crippen LogP contribution is -2.77. The Morgan fingerprint density at radius 3 is 1.75 bits per heavy atom. The van der Waals surface area contributed by atoms with Crippen molar-refractivity contribution >= 4 is 0 Å². The maximum absolute atomic E-state index is 12.9. The van der Waals surface area contributed by atoms with Crippen LogP contribution in [-0.2, 0) is 63.9 Å². The van der Waals surface area contributed by atoms with E-state index in [-0.39, 0.29) is 25.0 Å². The number of hydrogen-bond acceptors (Lipinski definition) is 15. The molecule has 2 heterocycles. The predicted octanol–water partition coefficient (Wildman–Crippen LogP) is 2.79. The number of piperidine rings is 1. The molecule has 1 N–H and O–H groups in total. The number of ether oxygens (including phenoxy) is 13. The minimum Gasteiger partial charge on any atom is -0.482 e. The van der Waals surface area contributed by atoms with Crippen LogP contribution < -0.4 is 9.47 Å². The zero-order valence-electron chi connectivity index (χ0n) is 34.5. The number of hydrogen-bond donors (Lipinski definition) is 1. The Balaban J connectivity index is 0.852. The van der Waals surface area contributed by atoms with E-state index < -0.39 is 11.0 Å². The SMILES string of the molecule is COCCOCCOCCOCCOCCOCCOCCOCCO[C@H]1CC[C@@]2(O)[C@H]3Cc4ccc(OCOCCOC)c5c4[C@@]2(CCN3CC2CCC2)C1O5. The number of nitrogens with zero attached hydrogens (tertiary/aromatic N) is 1. The van der Waals surface area contributed by atoms with Crippen molar-refractivity contribution in [2.45, 2.75) is 74.2 Å². The van der Waals surface area contributed by atoms with Gasteiger partial charge >= 0.3 is 0 Å². The molecule has 1 unspecified atom stereocenters. The van der Waals surface area contributed by atoms with Gasteiger partial charge in [0.1, 0.15) is 6.10 Å². The molecule has 1 aromatic rings. The Bertz CT molecular complexity index is 1290. The average molecular weight is 812 g/mol. The van der Waals surface area contributed by atoms with Crippen molar-refractivity contribution in [1.29, 1.82) is 0 Å². The molecule has 1 spiro atoms. The van der Waals surface area contributed by atoms with Crippen molar-refractivity contribution in [3.05, 3.63) is 23.3 Å². The van der Waals surface area contributed by atoms with Crippen molar-refractivity contribution < 1.29 is 66.7 Å². The van der Waals surface area contributed by atoms with Gasteiger partial charge in [-0.15, -0.1) is 0 Å². The van der Waals surface area contributed by atoms with Gasteiger partial charge in [-0.05, 0) is 62.6 Å². The summed E-state index contributed by atoms with van der Waals surface area (Å²) in [5.41, 5.74) is 0.930. The summed E-state index contributed by atoms with van der Waals surface area (Å²) in [7, 11) is 3.30. The highest BCUT2D eigenvalue weighted by Crippen LogP contribution is 2.66. The molecule has 5 atom stereocenters. The lowest BCUT2D eigenvalue weighted by Gasteiger charge is -2.64. The largest absolute Gasteiger partial charge is 0.482 e. The molecule has 0 aromatic heterocycles. The third-order valence-corrected chi connectivity index (χ3v) is 12.2. The molecular weight excluding hydrogens is 742 g/mol. The summed E-state index contributed by atoms with van der Waals surface area (Å²) >= 11 is 0. The van der Waals surface area contributed by atoms with E-state index in [0.717, 1.165) is 49.6 Å². The summed E-state index contributed by atoms with van der Waals surface area (Å²) in [6, 6.07) is 4.25. The van der Waals surface area contributed by atoms with Gasteiger partial charge < -0.3 is 66.7 Å². The minimum atomic E-state index is -0.901. The number of rotatable bonds is 33. The molecule has 0 radical (unpaired) electrons. The van der Waals surface area contributed by atoms with Gasteiger partial charge in [0.05, 0.1) is 136 Å². The molecule has 2 saturated carbocycles. The van der Waals surface area contributed by atoms with Gasteiger partial charge in [-0.2, -0.15) is 0 Å². The highest BCUT2D eigenvalue weighted by atomic mass is 16.7. The summed E-state index contributed by atoms with van der Waals surface area (Å²) in [4.78, 5) is 2.60. The molecule has 2 bridgehead atoms. The summed E-state index contributed by atoms with van der Waals surface area (Å²) in [6.07, 6.45) is 6.47. The van der Waals surface area contributed by atoms with Gasteiger partial charge in [-0.25, -0.2) is 0 Å². The number of aliphatic hydroxyl groups is 1. The van der Waals surface area contributed by atoms with Gasteiger partial charge in [0.15, 0.2) is 18.3 Å². The van der Waals surface area contributed by atoms with Crippen LogP contribution >= 0.6 is 0 Å². The van der Waals surface area contributed by atoms with Gasteiger partial charge in [0, 0.05) is 32.4 Å². The molecule has 0 amide bonds. The standard InChI is InChI=1S/C42H69NO14/c1-45-12-14-47-16-17-48-18-19-49-20-21-50-22-23-51-24-25-52-26-27-53-28-29-55-36-8-9-42(44)37-30-34-6-7-35(56-32-54-15-13-46-2)39-38(34)41(42,40(36)57-39)10-11-43(37)31-33-4-3-5-33/h6-7,33,36-37,40,44H,3-5,8-32H2,1-2H3/t36-,37+,40?,41-,42+/m0/s1. The Hall–Kier alpha value is -1.70. The smallest absolute Gasteiger partial charge is 0.189 e. The van der Waals surface area contributed by atoms with Crippen molar-refractivity contribution in [3.8, 4) is 11.5 Å². The first-order valence-corrected chi connectivity index (χ1v) is 21.3. The highest BCUT2D eigenvalue weighted by molar-refractivity contribution is 5.63. The van der Waals surface area contributed by atoms with Crippen molar-refractivity contribution in [3.63, 3.8) is 0 Å². The van der Waals surface area contributed by atoms with Crippen LogP contribution in [0.25, 0.3) is 0 Å².